The molecule has 1 rings (SSSR count). The Morgan fingerprint density at radius 3 is 2.77 bits per heavy atom. The zero-order valence-corrected chi connectivity index (χ0v) is 9.42. The summed E-state index contributed by atoms with van der Waals surface area (Å²) >= 11 is 0. The third-order valence-corrected chi connectivity index (χ3v) is 3.30. The molecular weight excluding hydrogens is 162 g/mol. The minimum Gasteiger partial charge on any atom is -0.380 e. The number of nitrogens with zero attached hydrogens (tertiary/aromatic N) is 1. The summed E-state index contributed by atoms with van der Waals surface area (Å²) in [5.74, 6) is 0.901. The van der Waals surface area contributed by atoms with E-state index in [9.17, 15) is 0 Å². The van der Waals surface area contributed by atoms with E-state index < -0.39 is 0 Å². The van der Waals surface area contributed by atoms with Gasteiger partial charge in [0.2, 0.25) is 0 Å². The molecule has 78 valence electrons. The fraction of sp³-hybridized carbons (Fsp3) is 1.00. The maximum Gasteiger partial charge on any atom is 0.0698 e. The van der Waals surface area contributed by atoms with Crippen molar-refractivity contribution >= 4 is 0 Å². The van der Waals surface area contributed by atoms with Crippen LogP contribution >= 0.6 is 0 Å². The quantitative estimate of drug-likeness (QED) is 0.665. The molecule has 1 fully saturated rings. The molecule has 0 spiro atoms. The average Bonchev–Trinajstić information content (AvgIpc) is 2.46. The molecule has 0 aromatic heterocycles. The summed E-state index contributed by atoms with van der Waals surface area (Å²) in [6.07, 6.45) is 4.38. The molecule has 3 atom stereocenters. The second kappa shape index (κ2) is 4.97. The van der Waals surface area contributed by atoms with Crippen LogP contribution in [0.25, 0.3) is 0 Å². The zero-order valence-electron chi connectivity index (χ0n) is 9.42. The highest BCUT2D eigenvalue weighted by molar-refractivity contribution is 4.86. The summed E-state index contributed by atoms with van der Waals surface area (Å²) in [4.78, 5) is 2.45. The summed E-state index contributed by atoms with van der Waals surface area (Å²) < 4.78 is 5.39. The summed E-state index contributed by atoms with van der Waals surface area (Å²) in [6.45, 7) is 5.70. The molecule has 1 unspecified atom stereocenters. The number of likely N-dealkylation sites (N-methyl/N-ethyl adjacent to an activating group) is 1. The molecule has 1 saturated heterocycles. The summed E-state index contributed by atoms with van der Waals surface area (Å²) in [5, 5.41) is 0. The molecule has 2 nitrogen and oxygen atoms in total. The van der Waals surface area contributed by atoms with E-state index in [0.717, 1.165) is 5.92 Å². The van der Waals surface area contributed by atoms with E-state index in [2.05, 4.69) is 25.8 Å². The predicted octanol–water partition coefficient (Wildman–Crippen LogP) is 2.14. The highest BCUT2D eigenvalue weighted by Crippen LogP contribution is 2.27. The van der Waals surface area contributed by atoms with E-state index in [4.69, 9.17) is 4.74 Å². The number of ether oxygens (including phenoxy) is 1. The average molecular weight is 185 g/mol. The molecule has 0 bridgehead atoms. The fourth-order valence-corrected chi connectivity index (χ4v) is 2.46. The van der Waals surface area contributed by atoms with Crippen LogP contribution in [0.2, 0.25) is 0 Å². The van der Waals surface area contributed by atoms with Crippen LogP contribution in [0, 0.1) is 5.92 Å². The van der Waals surface area contributed by atoms with Crippen molar-refractivity contribution in [3.63, 3.8) is 0 Å². The van der Waals surface area contributed by atoms with E-state index in [0.29, 0.717) is 12.1 Å². The van der Waals surface area contributed by atoms with Crippen molar-refractivity contribution in [3.05, 3.63) is 0 Å². The standard InChI is InChI=1S/C11H23NO/c1-5-6-10-7-11(9(2)13-4)12(3)8-10/h9-11H,5-8H2,1-4H3/t9?,10-,11+/m1/s1. The minimum atomic E-state index is 0.381. The molecule has 0 radical (unpaired) electrons. The van der Waals surface area contributed by atoms with Crippen LogP contribution in [-0.4, -0.2) is 37.7 Å². The monoisotopic (exact) mass is 185 g/mol. The van der Waals surface area contributed by atoms with E-state index in [-0.39, 0.29) is 0 Å². The van der Waals surface area contributed by atoms with Crippen molar-refractivity contribution in [2.24, 2.45) is 5.92 Å². The van der Waals surface area contributed by atoms with E-state index in [1.165, 1.54) is 25.8 Å². The highest BCUT2D eigenvalue weighted by Gasteiger charge is 2.32. The van der Waals surface area contributed by atoms with Crippen molar-refractivity contribution in [3.8, 4) is 0 Å². The van der Waals surface area contributed by atoms with Gasteiger partial charge < -0.3 is 9.64 Å². The molecular formula is C11H23NO. The molecule has 0 aromatic carbocycles. The molecule has 0 aliphatic carbocycles. The van der Waals surface area contributed by atoms with Crippen molar-refractivity contribution in [2.75, 3.05) is 20.7 Å². The van der Waals surface area contributed by atoms with Gasteiger partial charge in [-0.15, -0.1) is 0 Å². The Hall–Kier alpha value is -0.0800. The lowest BCUT2D eigenvalue weighted by Gasteiger charge is -2.24. The van der Waals surface area contributed by atoms with Gasteiger partial charge in [0.05, 0.1) is 6.10 Å². The first-order valence-electron chi connectivity index (χ1n) is 5.42. The number of likely N-dealkylation sites (tertiary alicyclic amines) is 1. The Bertz CT molecular complexity index is 149. The first kappa shape index (κ1) is 11.0. The topological polar surface area (TPSA) is 12.5 Å². The Balaban J connectivity index is 2.41. The molecule has 1 aliphatic heterocycles. The molecule has 0 N–H and O–H groups in total. The third kappa shape index (κ3) is 2.68. The van der Waals surface area contributed by atoms with Gasteiger partial charge in [0.15, 0.2) is 0 Å². The lowest BCUT2D eigenvalue weighted by molar-refractivity contribution is 0.0530. The smallest absolute Gasteiger partial charge is 0.0698 e. The van der Waals surface area contributed by atoms with Crippen LogP contribution in [0.3, 0.4) is 0 Å². The molecule has 0 aromatic rings. The Kier molecular flexibility index (Phi) is 4.20. The molecule has 2 heteroatoms. The van der Waals surface area contributed by atoms with Gasteiger partial charge >= 0.3 is 0 Å². The number of hydrogen-bond donors (Lipinski definition) is 0. The van der Waals surface area contributed by atoms with Gasteiger partial charge in [-0.05, 0) is 32.7 Å². The predicted molar refractivity (Wildman–Crippen MR) is 55.9 cm³/mol. The maximum absolute atomic E-state index is 5.39. The number of methoxy groups -OCH3 is 1. The first-order chi connectivity index (χ1) is 6.19. The lowest BCUT2D eigenvalue weighted by atomic mass is 9.98. The van der Waals surface area contributed by atoms with Gasteiger partial charge in [-0.1, -0.05) is 13.3 Å². The maximum atomic E-state index is 5.39. The zero-order chi connectivity index (χ0) is 9.84. The van der Waals surface area contributed by atoms with Crippen LogP contribution in [-0.2, 0) is 4.74 Å². The van der Waals surface area contributed by atoms with Crippen LogP contribution in [0.15, 0.2) is 0 Å². The molecule has 1 heterocycles. The minimum absolute atomic E-state index is 0.381. The molecule has 1 aliphatic rings. The largest absolute Gasteiger partial charge is 0.380 e. The second-order valence-electron chi connectivity index (χ2n) is 4.34. The van der Waals surface area contributed by atoms with Crippen LogP contribution < -0.4 is 0 Å². The van der Waals surface area contributed by atoms with Crippen LogP contribution in [0.5, 0.6) is 0 Å². The van der Waals surface area contributed by atoms with E-state index in [1.54, 1.807) is 0 Å². The van der Waals surface area contributed by atoms with Gasteiger partial charge in [-0.2, -0.15) is 0 Å². The van der Waals surface area contributed by atoms with Gasteiger partial charge in [-0.3, -0.25) is 0 Å². The second-order valence-corrected chi connectivity index (χ2v) is 4.34. The van der Waals surface area contributed by atoms with Crippen molar-refractivity contribution < 1.29 is 4.74 Å². The summed E-state index contributed by atoms with van der Waals surface area (Å²) in [6, 6.07) is 0.640. The van der Waals surface area contributed by atoms with Crippen molar-refractivity contribution in [1.82, 2.24) is 4.90 Å². The van der Waals surface area contributed by atoms with E-state index >= 15 is 0 Å². The van der Waals surface area contributed by atoms with Gasteiger partial charge in [-0.25, -0.2) is 0 Å². The Morgan fingerprint density at radius 1 is 1.54 bits per heavy atom. The van der Waals surface area contributed by atoms with Gasteiger partial charge in [0.1, 0.15) is 0 Å². The first-order valence-corrected chi connectivity index (χ1v) is 5.42. The van der Waals surface area contributed by atoms with Gasteiger partial charge in [0, 0.05) is 19.7 Å². The third-order valence-electron chi connectivity index (χ3n) is 3.30. The fourth-order valence-electron chi connectivity index (χ4n) is 2.46. The Labute approximate surface area is 82.3 Å². The molecule has 0 amide bonds. The van der Waals surface area contributed by atoms with Crippen molar-refractivity contribution in [2.45, 2.75) is 45.3 Å². The highest BCUT2D eigenvalue weighted by atomic mass is 16.5. The normalized spacial score (nSPS) is 32.3. The number of hydrogen-bond acceptors (Lipinski definition) is 2. The molecule has 0 saturated carbocycles. The summed E-state index contributed by atoms with van der Waals surface area (Å²) in [7, 11) is 4.03. The van der Waals surface area contributed by atoms with Crippen LogP contribution in [0.1, 0.15) is 33.1 Å². The molecule has 13 heavy (non-hydrogen) atoms. The van der Waals surface area contributed by atoms with Crippen LogP contribution in [0.4, 0.5) is 0 Å². The van der Waals surface area contributed by atoms with E-state index in [1.807, 2.05) is 7.11 Å². The van der Waals surface area contributed by atoms with Crippen molar-refractivity contribution in [1.29, 1.82) is 0 Å². The lowest BCUT2D eigenvalue weighted by Crippen LogP contribution is -2.35. The summed E-state index contributed by atoms with van der Waals surface area (Å²) in [5.41, 5.74) is 0. The SMILES string of the molecule is CCC[C@@H]1C[C@@H](C(C)OC)N(C)C1. The van der Waals surface area contributed by atoms with Gasteiger partial charge in [0.25, 0.3) is 0 Å². The number of rotatable bonds is 4. The Morgan fingerprint density at radius 2 is 2.23 bits per heavy atom.